The Kier molecular flexibility index (Phi) is 11.2. The van der Waals surface area contributed by atoms with Crippen molar-refractivity contribution in [1.82, 2.24) is 5.06 Å². The van der Waals surface area contributed by atoms with Gasteiger partial charge in [-0.2, -0.15) is 5.06 Å². The smallest absolute Gasteiger partial charge is 0.434 e. The number of hydroxylamine groups is 2. The largest absolute Gasteiger partial charge is 0.445 e. The van der Waals surface area contributed by atoms with Gasteiger partial charge in [0.05, 0.1) is 17.5 Å². The van der Waals surface area contributed by atoms with Crippen molar-refractivity contribution in [2.75, 3.05) is 13.2 Å². The third kappa shape index (κ3) is 8.16. The molecule has 0 saturated carbocycles. The molecule has 1 heterocycles. The zero-order chi connectivity index (χ0) is 26.6. The van der Waals surface area contributed by atoms with E-state index in [4.69, 9.17) is 9.57 Å². The molecule has 0 aromatic heterocycles. The van der Waals surface area contributed by atoms with Crippen LogP contribution in [0.4, 0.5) is 4.79 Å². The number of unbranched alkanes of at least 4 members (excludes halogenated alkanes) is 5. The molecule has 1 fully saturated rings. The van der Waals surface area contributed by atoms with E-state index in [1.807, 2.05) is 48.5 Å². The number of halogens is 1. The molecule has 4 rings (SSSR count). The molecule has 3 atom stereocenters. The fraction of sp³-hybridized carbons (Fsp3) is 0.406. The lowest BCUT2D eigenvalue weighted by atomic mass is 9.96. The molecule has 0 spiro atoms. The van der Waals surface area contributed by atoms with Crippen molar-refractivity contribution >= 4 is 22.0 Å². The first kappa shape index (κ1) is 28.3. The summed E-state index contributed by atoms with van der Waals surface area (Å²) in [6, 6.07) is 28.2. The number of aryl methyl sites for hydroxylation is 2. The van der Waals surface area contributed by atoms with Crippen LogP contribution in [0.1, 0.15) is 72.9 Å². The van der Waals surface area contributed by atoms with Crippen LogP contribution in [0, 0.1) is 0 Å². The summed E-state index contributed by atoms with van der Waals surface area (Å²) in [6.45, 7) is 0.380. The summed E-state index contributed by atoms with van der Waals surface area (Å²) in [7, 11) is 0. The first-order valence-electron chi connectivity index (χ1n) is 13.7. The Labute approximate surface area is 234 Å². The van der Waals surface area contributed by atoms with Crippen molar-refractivity contribution in [3.63, 3.8) is 0 Å². The molecule has 0 radical (unpaired) electrons. The van der Waals surface area contributed by atoms with Crippen LogP contribution in [0.15, 0.2) is 84.9 Å². The molecule has 0 bridgehead atoms. The fourth-order valence-electron chi connectivity index (χ4n) is 4.94. The summed E-state index contributed by atoms with van der Waals surface area (Å²) in [4.78, 5) is 17.7. The average Bonchev–Trinajstić information content (AvgIpc) is 3.34. The van der Waals surface area contributed by atoms with E-state index in [-0.39, 0.29) is 24.1 Å². The maximum Gasteiger partial charge on any atom is 0.434 e. The number of aliphatic hydroxyl groups is 1. The van der Waals surface area contributed by atoms with Gasteiger partial charge in [0.25, 0.3) is 0 Å². The summed E-state index contributed by atoms with van der Waals surface area (Å²) in [5, 5.41) is 12.4. The zero-order valence-electron chi connectivity index (χ0n) is 21.9. The number of carbonyl (C=O) groups excluding carboxylic acids is 1. The van der Waals surface area contributed by atoms with E-state index in [9.17, 15) is 9.90 Å². The third-order valence-electron chi connectivity index (χ3n) is 7.11. The number of hydrogen-bond donors (Lipinski definition) is 1. The molecule has 202 valence electrons. The highest BCUT2D eigenvalue weighted by Gasteiger charge is 2.36. The molecule has 0 unspecified atom stereocenters. The van der Waals surface area contributed by atoms with E-state index in [0.29, 0.717) is 0 Å². The summed E-state index contributed by atoms with van der Waals surface area (Å²) >= 11 is 3.60. The second-order valence-electron chi connectivity index (χ2n) is 9.89. The molecule has 0 aliphatic carbocycles. The maximum atomic E-state index is 12.3. The molecule has 5 nitrogen and oxygen atoms in total. The standard InChI is InChI=1S/C32H38BrNO4/c33-29(23-38-34-30(24-37-32(34)36)27-20-11-6-12-21-27)31(35)28-22-14-13-19-26(28)18-10-4-2-1-3-7-15-25-16-8-5-9-17-25/h5-6,8-9,11-14,16-17,19-22,29-31,35H,1-4,7,10,15,18,23-24H2/t29-,30-,31+/m1/s1. The van der Waals surface area contributed by atoms with E-state index in [1.165, 1.54) is 42.7 Å². The Bertz CT molecular complexity index is 1110. The minimum absolute atomic E-state index is 0.136. The number of rotatable bonds is 15. The van der Waals surface area contributed by atoms with Crippen molar-refractivity contribution in [2.24, 2.45) is 0 Å². The molecule has 1 aliphatic heterocycles. The minimum atomic E-state index is -0.752. The van der Waals surface area contributed by atoms with Crippen LogP contribution in [-0.4, -0.2) is 34.3 Å². The number of cyclic esters (lactones) is 1. The fourth-order valence-corrected chi connectivity index (χ4v) is 5.35. The quantitative estimate of drug-likeness (QED) is 0.148. The van der Waals surface area contributed by atoms with Gasteiger partial charge in [0, 0.05) is 0 Å². The number of benzene rings is 3. The number of aliphatic hydroxyl groups excluding tert-OH is 1. The first-order chi connectivity index (χ1) is 18.6. The second kappa shape index (κ2) is 15.1. The van der Waals surface area contributed by atoms with Gasteiger partial charge in [0.2, 0.25) is 0 Å². The van der Waals surface area contributed by atoms with Crippen LogP contribution in [0.25, 0.3) is 0 Å². The van der Waals surface area contributed by atoms with Gasteiger partial charge < -0.3 is 9.84 Å². The highest BCUT2D eigenvalue weighted by atomic mass is 79.9. The SMILES string of the molecule is O=C1OC[C@H](c2ccccc2)N1OC[C@@H](Br)[C@@H](O)c1ccccc1CCCCCCCCc1ccccc1. The number of hydrogen-bond acceptors (Lipinski definition) is 4. The summed E-state index contributed by atoms with van der Waals surface area (Å²) in [5.74, 6) is 0. The Morgan fingerprint density at radius 3 is 2.18 bits per heavy atom. The molecule has 3 aromatic carbocycles. The van der Waals surface area contributed by atoms with E-state index in [1.54, 1.807) is 0 Å². The van der Waals surface area contributed by atoms with Gasteiger partial charge in [-0.05, 0) is 47.9 Å². The van der Waals surface area contributed by atoms with Gasteiger partial charge in [0.1, 0.15) is 12.6 Å². The van der Waals surface area contributed by atoms with E-state index < -0.39 is 12.2 Å². The Morgan fingerprint density at radius 2 is 1.45 bits per heavy atom. The Hall–Kier alpha value is -2.67. The first-order valence-corrected chi connectivity index (χ1v) is 14.6. The van der Waals surface area contributed by atoms with Gasteiger partial charge in [-0.25, -0.2) is 4.79 Å². The lowest BCUT2D eigenvalue weighted by molar-refractivity contribution is -0.136. The van der Waals surface area contributed by atoms with E-state index in [2.05, 4.69) is 52.3 Å². The number of ether oxygens (including phenoxy) is 1. The summed E-state index contributed by atoms with van der Waals surface area (Å²) in [5.41, 5.74) is 4.45. The highest BCUT2D eigenvalue weighted by Crippen LogP contribution is 2.31. The number of carbonyl (C=O) groups is 1. The minimum Gasteiger partial charge on any atom is -0.445 e. The van der Waals surface area contributed by atoms with Crippen molar-refractivity contribution in [3.8, 4) is 0 Å². The molecule has 1 amide bonds. The molecule has 1 saturated heterocycles. The summed E-state index contributed by atoms with van der Waals surface area (Å²) in [6.07, 6.45) is 8.15. The van der Waals surface area contributed by atoms with E-state index in [0.717, 1.165) is 36.0 Å². The van der Waals surface area contributed by atoms with Gasteiger partial charge in [-0.1, -0.05) is 127 Å². The van der Waals surface area contributed by atoms with Gasteiger partial charge in [-0.15, -0.1) is 0 Å². The molecule has 38 heavy (non-hydrogen) atoms. The van der Waals surface area contributed by atoms with Crippen LogP contribution in [0.3, 0.4) is 0 Å². The van der Waals surface area contributed by atoms with Crippen molar-refractivity contribution in [3.05, 3.63) is 107 Å². The van der Waals surface area contributed by atoms with E-state index >= 15 is 0 Å². The van der Waals surface area contributed by atoms with Crippen LogP contribution in [0.5, 0.6) is 0 Å². The number of alkyl halides is 1. The topological polar surface area (TPSA) is 59.0 Å². The van der Waals surface area contributed by atoms with Crippen molar-refractivity contribution in [1.29, 1.82) is 0 Å². The van der Waals surface area contributed by atoms with Gasteiger partial charge in [-0.3, -0.25) is 4.84 Å². The maximum absolute atomic E-state index is 12.3. The average molecular weight is 581 g/mol. The highest BCUT2D eigenvalue weighted by molar-refractivity contribution is 9.09. The number of nitrogens with zero attached hydrogens (tertiary/aromatic N) is 1. The normalized spacial score (nSPS) is 16.8. The molecular formula is C32H38BrNO4. The second-order valence-corrected chi connectivity index (χ2v) is 11.1. The van der Waals surface area contributed by atoms with Gasteiger partial charge >= 0.3 is 6.09 Å². The van der Waals surface area contributed by atoms with Crippen LogP contribution < -0.4 is 0 Å². The molecule has 6 heteroatoms. The van der Waals surface area contributed by atoms with Gasteiger partial charge in [0.15, 0.2) is 0 Å². The van der Waals surface area contributed by atoms with Crippen molar-refractivity contribution in [2.45, 2.75) is 68.3 Å². The molecule has 3 aromatic rings. The van der Waals surface area contributed by atoms with Crippen LogP contribution >= 0.6 is 15.9 Å². The van der Waals surface area contributed by atoms with Crippen LogP contribution in [0.2, 0.25) is 0 Å². The molecule has 1 aliphatic rings. The predicted molar refractivity (Wildman–Crippen MR) is 154 cm³/mol. The molecular weight excluding hydrogens is 542 g/mol. The Balaban J connectivity index is 1.20. The van der Waals surface area contributed by atoms with Crippen molar-refractivity contribution < 1.29 is 19.5 Å². The zero-order valence-corrected chi connectivity index (χ0v) is 23.5. The van der Waals surface area contributed by atoms with Crippen LogP contribution in [-0.2, 0) is 22.4 Å². The molecule has 1 N–H and O–H groups in total. The predicted octanol–water partition coefficient (Wildman–Crippen LogP) is 7.73. The summed E-state index contributed by atoms with van der Waals surface area (Å²) < 4.78 is 5.22. The third-order valence-corrected chi connectivity index (χ3v) is 7.87. The lowest BCUT2D eigenvalue weighted by Gasteiger charge is -2.25. The lowest BCUT2D eigenvalue weighted by Crippen LogP contribution is -2.32. The number of amides is 1. The monoisotopic (exact) mass is 579 g/mol. The Morgan fingerprint density at radius 1 is 0.842 bits per heavy atom.